The third-order valence-corrected chi connectivity index (χ3v) is 13.3. The average molecular weight is 709 g/mol. The Bertz CT molecular complexity index is 1640. The maximum atomic E-state index is 12.4. The number of hydrogen-bond donors (Lipinski definition) is 4. The molecule has 2 bridgehead atoms. The summed E-state index contributed by atoms with van der Waals surface area (Å²) in [6, 6.07) is 11.1. The molecule has 4 N–H and O–H groups in total. The second-order valence-corrected chi connectivity index (χ2v) is 16.7. The van der Waals surface area contributed by atoms with Gasteiger partial charge in [0.1, 0.15) is 30.0 Å². The van der Waals surface area contributed by atoms with E-state index in [2.05, 4.69) is 6.92 Å². The van der Waals surface area contributed by atoms with Gasteiger partial charge in [-0.3, -0.25) is 0 Å². The van der Waals surface area contributed by atoms with Crippen molar-refractivity contribution in [1.82, 2.24) is 0 Å². The standard InChI is InChI=1S/C39H48O8S2/c1-22-8-9-23-16-29-35(27-11-10-25(41)19-28(23)27)31(45-14-13-40)20-32-36(29)30(21-49-48-15-12-22)37(42)39(47-32)24-17-33(44-2)38(43)34(18-24)46-26-6-4-3-5-7-26/h10-11,17-20,22-23,26,30,37,39-43H,3-9,12-16,21H2,1-2H3/t22-,23-,30-,37+,39-/m0/s1. The van der Waals surface area contributed by atoms with E-state index < -0.39 is 12.2 Å². The predicted molar refractivity (Wildman–Crippen MR) is 195 cm³/mol. The van der Waals surface area contributed by atoms with Crippen LogP contribution in [-0.2, 0) is 6.42 Å². The Balaban J connectivity index is 1.37. The highest BCUT2D eigenvalue weighted by molar-refractivity contribution is 8.76. The lowest BCUT2D eigenvalue weighted by molar-refractivity contribution is 0.00403. The van der Waals surface area contributed by atoms with E-state index in [1.54, 1.807) is 29.0 Å². The molecule has 0 radical (unpaired) electrons. The topological polar surface area (TPSA) is 118 Å². The predicted octanol–water partition coefficient (Wildman–Crippen LogP) is 8.28. The van der Waals surface area contributed by atoms with E-state index in [-0.39, 0.29) is 48.4 Å². The summed E-state index contributed by atoms with van der Waals surface area (Å²) in [5, 5.41) is 43.8. The molecule has 1 saturated carbocycles. The molecule has 7 rings (SSSR count). The molecule has 2 aliphatic heterocycles. The van der Waals surface area contributed by atoms with Gasteiger partial charge in [-0.05, 0) is 97.7 Å². The van der Waals surface area contributed by atoms with Crippen LogP contribution in [0.15, 0.2) is 36.4 Å². The maximum absolute atomic E-state index is 12.4. The Kier molecular flexibility index (Phi) is 10.7. The first-order valence-corrected chi connectivity index (χ1v) is 20.3. The van der Waals surface area contributed by atoms with Crippen LogP contribution in [0.2, 0.25) is 0 Å². The number of rotatable bonds is 7. The van der Waals surface area contributed by atoms with Gasteiger partial charge in [0.25, 0.3) is 0 Å². The highest BCUT2D eigenvalue weighted by Gasteiger charge is 2.43. The smallest absolute Gasteiger partial charge is 0.200 e. The Labute approximate surface area is 296 Å². The minimum Gasteiger partial charge on any atom is -0.508 e. The van der Waals surface area contributed by atoms with E-state index in [1.807, 2.05) is 29.0 Å². The Morgan fingerprint density at radius 1 is 0.918 bits per heavy atom. The second kappa shape index (κ2) is 15.1. The van der Waals surface area contributed by atoms with E-state index in [9.17, 15) is 20.4 Å². The van der Waals surface area contributed by atoms with Gasteiger partial charge in [-0.15, -0.1) is 0 Å². The summed E-state index contributed by atoms with van der Waals surface area (Å²) in [7, 11) is 5.18. The van der Waals surface area contributed by atoms with Crippen molar-refractivity contribution >= 4 is 21.6 Å². The number of benzene rings is 3. The van der Waals surface area contributed by atoms with Crippen molar-refractivity contribution in [3.8, 4) is 45.6 Å². The van der Waals surface area contributed by atoms with Gasteiger partial charge in [0, 0.05) is 40.2 Å². The van der Waals surface area contributed by atoms with Gasteiger partial charge in [0.05, 0.1) is 19.8 Å². The summed E-state index contributed by atoms with van der Waals surface area (Å²) >= 11 is 0. The number of aliphatic hydroxyl groups excluding tert-OH is 2. The van der Waals surface area contributed by atoms with Crippen LogP contribution in [0, 0.1) is 5.92 Å². The molecule has 0 unspecified atom stereocenters. The summed E-state index contributed by atoms with van der Waals surface area (Å²) in [5.41, 5.74) is 5.87. The van der Waals surface area contributed by atoms with Gasteiger partial charge < -0.3 is 39.4 Å². The van der Waals surface area contributed by atoms with Gasteiger partial charge in [0.15, 0.2) is 17.6 Å². The molecule has 0 spiro atoms. The lowest BCUT2D eigenvalue weighted by atomic mass is 9.71. The molecule has 1 fully saturated rings. The quantitative estimate of drug-likeness (QED) is 0.179. The molecular formula is C39H48O8S2. The molecular weight excluding hydrogens is 661 g/mol. The minimum absolute atomic E-state index is 0.0135. The van der Waals surface area contributed by atoms with Gasteiger partial charge in [-0.2, -0.15) is 0 Å². The van der Waals surface area contributed by atoms with E-state index in [1.165, 1.54) is 13.5 Å². The molecule has 264 valence electrons. The first kappa shape index (κ1) is 34.5. The molecule has 2 aliphatic carbocycles. The maximum Gasteiger partial charge on any atom is 0.200 e. The van der Waals surface area contributed by atoms with Crippen molar-refractivity contribution in [3.05, 3.63) is 58.7 Å². The van der Waals surface area contributed by atoms with Gasteiger partial charge in [0.2, 0.25) is 5.75 Å². The van der Waals surface area contributed by atoms with Crippen LogP contribution in [0.3, 0.4) is 0 Å². The molecule has 0 saturated heterocycles. The van der Waals surface area contributed by atoms with Gasteiger partial charge >= 0.3 is 0 Å². The van der Waals surface area contributed by atoms with Crippen molar-refractivity contribution < 1.29 is 39.4 Å². The molecule has 0 aromatic heterocycles. The third-order valence-electron chi connectivity index (χ3n) is 10.8. The summed E-state index contributed by atoms with van der Waals surface area (Å²) < 4.78 is 25.1. The molecule has 10 heteroatoms. The molecule has 8 nitrogen and oxygen atoms in total. The molecule has 49 heavy (non-hydrogen) atoms. The first-order valence-electron chi connectivity index (χ1n) is 17.8. The van der Waals surface area contributed by atoms with Crippen molar-refractivity contribution in [2.24, 2.45) is 5.92 Å². The van der Waals surface area contributed by atoms with E-state index >= 15 is 0 Å². The first-order chi connectivity index (χ1) is 23.9. The molecule has 2 heterocycles. The fourth-order valence-corrected chi connectivity index (χ4v) is 10.8. The van der Waals surface area contributed by atoms with Gasteiger partial charge in [-0.1, -0.05) is 47.4 Å². The SMILES string of the molecule is COc1cc([C@@H]2Oc3cc(OCCO)c4c5c3[C@H](CSSCC[C@@H](C)CC[C@@H](C5)c3cc(O)ccc3-4)[C@H]2O)cc(OC2CCCCC2)c1O. The number of fused-ring (bicyclic) bond motifs is 4. The number of hydrogen-bond acceptors (Lipinski definition) is 10. The minimum atomic E-state index is -0.894. The fourth-order valence-electron chi connectivity index (χ4n) is 8.18. The number of phenols is 2. The zero-order valence-corrected chi connectivity index (χ0v) is 30.0. The molecule has 4 aliphatic rings. The lowest BCUT2D eigenvalue weighted by Gasteiger charge is -2.41. The largest absolute Gasteiger partial charge is 0.508 e. The van der Waals surface area contributed by atoms with Crippen LogP contribution in [0.4, 0.5) is 0 Å². The number of aliphatic hydroxyl groups is 2. The van der Waals surface area contributed by atoms with Crippen molar-refractivity contribution in [3.63, 3.8) is 0 Å². The molecule has 5 atom stereocenters. The highest BCUT2D eigenvalue weighted by atomic mass is 33.1. The Hall–Kier alpha value is -2.92. The van der Waals surface area contributed by atoms with Crippen LogP contribution in [-0.4, -0.2) is 64.5 Å². The van der Waals surface area contributed by atoms with Crippen LogP contribution in [0.5, 0.6) is 34.5 Å². The number of phenolic OH excluding ortho intramolecular Hbond substituents is 2. The second-order valence-electron chi connectivity index (χ2n) is 14.0. The van der Waals surface area contributed by atoms with E-state index in [0.717, 1.165) is 84.9 Å². The van der Waals surface area contributed by atoms with Crippen LogP contribution in [0.25, 0.3) is 11.1 Å². The van der Waals surface area contributed by atoms with Crippen molar-refractivity contribution in [2.75, 3.05) is 31.8 Å². The highest BCUT2D eigenvalue weighted by Crippen LogP contribution is 2.56. The van der Waals surface area contributed by atoms with E-state index in [0.29, 0.717) is 34.5 Å². The summed E-state index contributed by atoms with van der Waals surface area (Å²) in [4.78, 5) is 0. The summed E-state index contributed by atoms with van der Waals surface area (Å²) in [6.07, 6.45) is 7.54. The summed E-state index contributed by atoms with van der Waals surface area (Å²) in [6.45, 7) is 2.32. The zero-order chi connectivity index (χ0) is 34.1. The average Bonchev–Trinajstić information content (AvgIpc) is 3.12. The van der Waals surface area contributed by atoms with E-state index in [4.69, 9.17) is 18.9 Å². The van der Waals surface area contributed by atoms with Crippen molar-refractivity contribution in [1.29, 1.82) is 0 Å². The molecule has 3 aromatic rings. The molecule has 3 aromatic carbocycles. The number of ether oxygens (including phenoxy) is 4. The normalized spacial score (nSPS) is 25.5. The van der Waals surface area contributed by atoms with Crippen molar-refractivity contribution in [2.45, 2.75) is 94.9 Å². The Morgan fingerprint density at radius 3 is 2.53 bits per heavy atom. The Morgan fingerprint density at radius 2 is 1.73 bits per heavy atom. The van der Waals surface area contributed by atoms with Crippen LogP contribution in [0.1, 0.15) is 98.5 Å². The zero-order valence-electron chi connectivity index (χ0n) is 28.4. The fraction of sp³-hybridized carbons (Fsp3) is 0.538. The lowest BCUT2D eigenvalue weighted by Crippen LogP contribution is -2.37. The summed E-state index contributed by atoms with van der Waals surface area (Å²) in [5.74, 6) is 4.32. The monoisotopic (exact) mass is 708 g/mol. The molecule has 0 amide bonds. The van der Waals surface area contributed by atoms with Crippen LogP contribution >= 0.6 is 21.6 Å². The third kappa shape index (κ3) is 7.03. The van der Waals surface area contributed by atoms with Gasteiger partial charge in [-0.25, -0.2) is 0 Å². The van der Waals surface area contributed by atoms with Crippen LogP contribution < -0.4 is 18.9 Å². The number of aromatic hydroxyl groups is 2. The number of methoxy groups -OCH3 is 1.